The molecule has 0 aliphatic carbocycles. The minimum absolute atomic E-state index is 0.0484. The molecule has 180 valence electrons. The molecule has 0 spiro atoms. The van der Waals surface area contributed by atoms with E-state index < -0.39 is 11.7 Å². The van der Waals surface area contributed by atoms with Crippen molar-refractivity contribution in [2.45, 2.75) is 29.7 Å². The smallest absolute Gasteiger partial charge is 0.380 e. The van der Waals surface area contributed by atoms with Crippen molar-refractivity contribution in [2.75, 3.05) is 44.3 Å². The summed E-state index contributed by atoms with van der Waals surface area (Å²) in [5, 5.41) is 6.16. The van der Waals surface area contributed by atoms with E-state index >= 15 is 0 Å². The number of nitrogens with one attached hydrogen (secondary N) is 1. The van der Waals surface area contributed by atoms with Crippen LogP contribution < -0.4 is 10.5 Å². The van der Waals surface area contributed by atoms with Gasteiger partial charge in [-0.05, 0) is 15.9 Å². The molecule has 1 atom stereocenters. The van der Waals surface area contributed by atoms with Crippen LogP contribution in [0.4, 0.5) is 19.1 Å². The molecule has 0 bridgehead atoms. The Labute approximate surface area is 200 Å². The fourth-order valence-corrected chi connectivity index (χ4v) is 4.43. The number of ether oxygens (including phenoxy) is 1. The molecule has 1 aliphatic heterocycles. The fourth-order valence-electron chi connectivity index (χ4n) is 3.05. The van der Waals surface area contributed by atoms with Crippen molar-refractivity contribution in [1.29, 1.82) is 0 Å². The van der Waals surface area contributed by atoms with E-state index in [1.54, 1.807) is 16.0 Å². The quantitative estimate of drug-likeness (QED) is 0.395. The number of carbonyl (C=O) groups is 1. The summed E-state index contributed by atoms with van der Waals surface area (Å²) in [7, 11) is 0. The number of anilines is 1. The monoisotopic (exact) mass is 550 g/mol. The highest BCUT2D eigenvalue weighted by Gasteiger charge is 2.32. The zero-order chi connectivity index (χ0) is 24.0. The van der Waals surface area contributed by atoms with Crippen LogP contribution >= 0.6 is 27.7 Å². The lowest BCUT2D eigenvalue weighted by Crippen LogP contribution is -2.49. The van der Waals surface area contributed by atoms with E-state index in [-0.39, 0.29) is 35.7 Å². The molecule has 0 aromatic carbocycles. The molecule has 1 saturated heterocycles. The van der Waals surface area contributed by atoms with Crippen molar-refractivity contribution < 1.29 is 22.7 Å². The zero-order valence-electron chi connectivity index (χ0n) is 17.6. The zero-order valence-corrected chi connectivity index (χ0v) is 20.0. The highest BCUT2D eigenvalue weighted by Crippen LogP contribution is 2.29. The summed E-state index contributed by atoms with van der Waals surface area (Å²) in [5.41, 5.74) is -1.20. The van der Waals surface area contributed by atoms with Gasteiger partial charge in [0.05, 0.1) is 35.9 Å². The van der Waals surface area contributed by atoms with Crippen LogP contribution in [0.2, 0.25) is 0 Å². The Morgan fingerprint density at radius 1 is 1.24 bits per heavy atom. The first-order valence-electron chi connectivity index (χ1n) is 10.0. The Bertz CT molecular complexity index is 1000. The van der Waals surface area contributed by atoms with Crippen LogP contribution in [-0.4, -0.2) is 75.6 Å². The molecule has 1 unspecified atom stereocenters. The third kappa shape index (κ3) is 7.14. The summed E-state index contributed by atoms with van der Waals surface area (Å²) < 4.78 is 43.9. The van der Waals surface area contributed by atoms with Gasteiger partial charge in [-0.2, -0.15) is 18.3 Å². The standard InChI is InChI=1S/C19H22BrF3N6O3S/c1-12(33-14-10-26-27-17(31)16(14)20)11-32-7-2-15(30)28-3-5-29(6-4-28)18-24-8-13(9-25-18)19(21,22)23/h8-10,12H,2-7,11H2,1H3,(H,27,31). The van der Waals surface area contributed by atoms with Gasteiger partial charge < -0.3 is 14.5 Å². The lowest BCUT2D eigenvalue weighted by molar-refractivity contribution is -0.138. The molecule has 33 heavy (non-hydrogen) atoms. The molecule has 2 aromatic rings. The van der Waals surface area contributed by atoms with E-state index in [0.29, 0.717) is 42.2 Å². The Morgan fingerprint density at radius 2 is 1.91 bits per heavy atom. The second-order valence-electron chi connectivity index (χ2n) is 7.27. The predicted octanol–water partition coefficient (Wildman–Crippen LogP) is 2.58. The van der Waals surface area contributed by atoms with Crippen LogP contribution in [0.25, 0.3) is 0 Å². The number of nitrogens with zero attached hydrogens (tertiary/aromatic N) is 5. The SMILES string of the molecule is CC(COCCC(=O)N1CCN(c2ncc(C(F)(F)F)cn2)CC1)Sc1cn[nH]c(=O)c1Br. The molecule has 3 heterocycles. The molecular weight excluding hydrogens is 529 g/mol. The largest absolute Gasteiger partial charge is 0.419 e. The highest BCUT2D eigenvalue weighted by atomic mass is 79.9. The summed E-state index contributed by atoms with van der Waals surface area (Å²) in [5.74, 6) is 0.164. The molecule has 0 radical (unpaired) electrons. The molecule has 1 aliphatic rings. The Hall–Kier alpha value is -2.19. The minimum Gasteiger partial charge on any atom is -0.380 e. The van der Waals surface area contributed by atoms with Crippen molar-refractivity contribution in [3.63, 3.8) is 0 Å². The number of H-pyrrole nitrogens is 1. The second-order valence-corrected chi connectivity index (χ2v) is 9.54. The number of alkyl halides is 3. The van der Waals surface area contributed by atoms with Gasteiger partial charge in [-0.1, -0.05) is 6.92 Å². The third-order valence-corrected chi connectivity index (χ3v) is 6.94. The lowest BCUT2D eigenvalue weighted by Gasteiger charge is -2.34. The first-order chi connectivity index (χ1) is 15.6. The highest BCUT2D eigenvalue weighted by molar-refractivity contribution is 9.10. The molecular formula is C19H22BrF3N6O3S. The number of amides is 1. The lowest BCUT2D eigenvalue weighted by atomic mass is 10.3. The average molecular weight is 551 g/mol. The molecule has 2 aromatic heterocycles. The average Bonchev–Trinajstić information content (AvgIpc) is 2.79. The molecule has 1 fully saturated rings. The third-order valence-electron chi connectivity index (χ3n) is 4.79. The summed E-state index contributed by atoms with van der Waals surface area (Å²) in [4.78, 5) is 35.7. The first-order valence-corrected chi connectivity index (χ1v) is 11.7. The molecule has 1 N–H and O–H groups in total. The van der Waals surface area contributed by atoms with Crippen LogP contribution in [-0.2, 0) is 15.7 Å². The normalized spacial score (nSPS) is 15.5. The summed E-state index contributed by atoms with van der Waals surface area (Å²) in [6, 6.07) is 0. The van der Waals surface area contributed by atoms with Crippen LogP contribution in [0, 0.1) is 0 Å². The van der Waals surface area contributed by atoms with Crippen LogP contribution in [0.5, 0.6) is 0 Å². The van der Waals surface area contributed by atoms with E-state index in [9.17, 15) is 22.8 Å². The van der Waals surface area contributed by atoms with Crippen LogP contribution in [0.15, 0.2) is 32.8 Å². The second kappa shape index (κ2) is 11.3. The van der Waals surface area contributed by atoms with Gasteiger partial charge >= 0.3 is 6.18 Å². The van der Waals surface area contributed by atoms with E-state index in [4.69, 9.17) is 4.74 Å². The maximum Gasteiger partial charge on any atom is 0.419 e. The number of hydrogen-bond donors (Lipinski definition) is 1. The molecule has 9 nitrogen and oxygen atoms in total. The van der Waals surface area contributed by atoms with Gasteiger partial charge in [-0.3, -0.25) is 9.59 Å². The van der Waals surface area contributed by atoms with Gasteiger partial charge in [0.1, 0.15) is 0 Å². The number of thioether (sulfide) groups is 1. The molecule has 14 heteroatoms. The van der Waals surface area contributed by atoms with Crippen LogP contribution in [0.1, 0.15) is 18.9 Å². The predicted molar refractivity (Wildman–Crippen MR) is 119 cm³/mol. The molecule has 3 rings (SSSR count). The topological polar surface area (TPSA) is 104 Å². The number of halogens is 4. The number of aromatic nitrogens is 4. The van der Waals surface area contributed by atoms with Gasteiger partial charge in [-0.15, -0.1) is 11.8 Å². The molecule has 1 amide bonds. The van der Waals surface area contributed by atoms with E-state index in [1.807, 2.05) is 6.92 Å². The van der Waals surface area contributed by atoms with Gasteiger partial charge in [0.2, 0.25) is 11.9 Å². The van der Waals surface area contributed by atoms with Crippen molar-refractivity contribution >= 4 is 39.5 Å². The number of carbonyl (C=O) groups excluding carboxylic acids is 1. The van der Waals surface area contributed by atoms with Crippen molar-refractivity contribution in [2.24, 2.45) is 0 Å². The van der Waals surface area contributed by atoms with E-state index in [1.165, 1.54) is 11.8 Å². The maximum absolute atomic E-state index is 12.6. The fraction of sp³-hybridized carbons (Fsp3) is 0.526. The van der Waals surface area contributed by atoms with E-state index in [0.717, 1.165) is 12.4 Å². The number of hydrogen-bond acceptors (Lipinski definition) is 8. The van der Waals surface area contributed by atoms with Gasteiger partial charge in [0.15, 0.2) is 0 Å². The molecule has 0 saturated carbocycles. The van der Waals surface area contributed by atoms with Gasteiger partial charge in [0.25, 0.3) is 5.56 Å². The summed E-state index contributed by atoms with van der Waals surface area (Å²) >= 11 is 4.67. The van der Waals surface area contributed by atoms with Crippen molar-refractivity contribution in [3.05, 3.63) is 39.0 Å². The van der Waals surface area contributed by atoms with Crippen molar-refractivity contribution in [1.82, 2.24) is 25.1 Å². The van der Waals surface area contributed by atoms with Crippen molar-refractivity contribution in [3.8, 4) is 0 Å². The van der Waals surface area contributed by atoms with Crippen LogP contribution in [0.3, 0.4) is 0 Å². The number of aromatic amines is 1. The summed E-state index contributed by atoms with van der Waals surface area (Å²) in [6.07, 6.45) is -1.16. The Morgan fingerprint density at radius 3 is 2.55 bits per heavy atom. The van der Waals surface area contributed by atoms with Gasteiger partial charge in [-0.25, -0.2) is 15.1 Å². The number of rotatable bonds is 8. The minimum atomic E-state index is -4.48. The summed E-state index contributed by atoms with van der Waals surface area (Å²) in [6.45, 7) is 4.34. The first kappa shape index (κ1) is 25.4. The van der Waals surface area contributed by atoms with Gasteiger partial charge in [0, 0.05) is 48.7 Å². The Balaban J connectivity index is 1.36. The van der Waals surface area contributed by atoms with E-state index in [2.05, 4.69) is 36.1 Å². The number of piperazine rings is 1. The Kier molecular flexibility index (Phi) is 8.70. The maximum atomic E-state index is 12.6.